The van der Waals surface area contributed by atoms with Crippen molar-refractivity contribution >= 4 is 22.1 Å². The summed E-state index contributed by atoms with van der Waals surface area (Å²) in [4.78, 5) is 4.78. The molecule has 0 saturated carbocycles. The van der Waals surface area contributed by atoms with Crippen LogP contribution in [0.25, 0.3) is 33.4 Å². The third-order valence-corrected chi connectivity index (χ3v) is 7.31. The second-order valence-corrected chi connectivity index (χ2v) is 10.3. The Morgan fingerprint density at radius 1 is 1.19 bits per heavy atom. The van der Waals surface area contributed by atoms with Gasteiger partial charge in [0.05, 0.1) is 22.9 Å². The summed E-state index contributed by atoms with van der Waals surface area (Å²) in [5.41, 5.74) is 4.55. The van der Waals surface area contributed by atoms with Crippen LogP contribution < -0.4 is 0 Å². The van der Waals surface area contributed by atoms with Gasteiger partial charge in [-0.05, 0) is 51.7 Å². The standard InChI is InChI=1S/C27H29FN6O3/c1-15-22(33(4)32-30-15)17-13-20-21(29-14-17)25-24(26(31-37-25)27(2,3)35)34(20)23(16-9-11-36-12-10-16)18-7-5-6-8-19(18)28/h5-8,13-14,16,23,35H,9-12H2,1-4H3. The number of fused-ring (bicyclic) bond motifs is 3. The zero-order valence-electron chi connectivity index (χ0n) is 21.3. The van der Waals surface area contributed by atoms with Gasteiger partial charge in [0.25, 0.3) is 0 Å². The highest BCUT2D eigenvalue weighted by molar-refractivity contribution is 6.04. The SMILES string of the molecule is Cc1nnn(C)c1-c1cnc2c3onc(C(C)(C)O)c3n(C(c3ccccc3F)C3CCOCC3)c2c1. The molecule has 0 radical (unpaired) electrons. The lowest BCUT2D eigenvalue weighted by Crippen LogP contribution is -2.28. The molecule has 10 heteroatoms. The number of aliphatic hydroxyl groups is 1. The lowest BCUT2D eigenvalue weighted by atomic mass is 9.86. The van der Waals surface area contributed by atoms with E-state index in [9.17, 15) is 5.11 Å². The molecule has 0 spiro atoms. The van der Waals surface area contributed by atoms with Crippen molar-refractivity contribution in [1.29, 1.82) is 0 Å². The highest BCUT2D eigenvalue weighted by Crippen LogP contribution is 2.44. The third kappa shape index (κ3) is 3.82. The number of hydrogen-bond acceptors (Lipinski definition) is 7. The minimum Gasteiger partial charge on any atom is -0.384 e. The summed E-state index contributed by atoms with van der Waals surface area (Å²) >= 11 is 0. The molecule has 1 N–H and O–H groups in total. The van der Waals surface area contributed by atoms with Gasteiger partial charge in [0.2, 0.25) is 5.58 Å². The monoisotopic (exact) mass is 504 g/mol. The minimum absolute atomic E-state index is 0.0813. The van der Waals surface area contributed by atoms with E-state index in [0.29, 0.717) is 41.1 Å². The minimum atomic E-state index is -1.29. The molecule has 9 nitrogen and oxygen atoms in total. The van der Waals surface area contributed by atoms with Gasteiger partial charge in [-0.2, -0.15) is 0 Å². The number of aryl methyl sites for hydroxylation is 2. The Bertz CT molecular complexity index is 1590. The van der Waals surface area contributed by atoms with Gasteiger partial charge in [0.15, 0.2) is 0 Å². The first-order chi connectivity index (χ1) is 17.8. The molecule has 5 heterocycles. The number of aromatic nitrogens is 6. The molecule has 1 aliphatic heterocycles. The summed E-state index contributed by atoms with van der Waals surface area (Å²) in [7, 11) is 1.84. The van der Waals surface area contributed by atoms with Gasteiger partial charge < -0.3 is 18.9 Å². The Kier molecular flexibility index (Phi) is 5.61. The van der Waals surface area contributed by atoms with Gasteiger partial charge in [0, 0.05) is 37.6 Å². The Morgan fingerprint density at radius 3 is 2.62 bits per heavy atom. The Balaban J connectivity index is 1.72. The highest BCUT2D eigenvalue weighted by atomic mass is 19.1. The maximum atomic E-state index is 15.5. The molecule has 0 aliphatic carbocycles. The van der Waals surface area contributed by atoms with Gasteiger partial charge in [-0.15, -0.1) is 5.10 Å². The average molecular weight is 505 g/mol. The highest BCUT2D eigenvalue weighted by Gasteiger charge is 2.36. The molecule has 192 valence electrons. The number of benzene rings is 1. The molecule has 1 aliphatic rings. The lowest BCUT2D eigenvalue weighted by molar-refractivity contribution is 0.0542. The molecular formula is C27H29FN6O3. The van der Waals surface area contributed by atoms with Crippen molar-refractivity contribution in [2.24, 2.45) is 13.0 Å². The normalized spacial score (nSPS) is 16.2. The number of rotatable bonds is 5. The first-order valence-electron chi connectivity index (χ1n) is 12.5. The van der Waals surface area contributed by atoms with Crippen LogP contribution in [0.3, 0.4) is 0 Å². The second kappa shape index (κ2) is 8.74. The zero-order chi connectivity index (χ0) is 25.9. The van der Waals surface area contributed by atoms with Crippen LogP contribution in [0.4, 0.5) is 4.39 Å². The predicted octanol–water partition coefficient (Wildman–Crippen LogP) is 4.66. The molecule has 5 aromatic rings. The first-order valence-corrected chi connectivity index (χ1v) is 12.5. The number of halogens is 1. The van der Waals surface area contributed by atoms with Crippen molar-refractivity contribution < 1.29 is 18.8 Å². The largest absolute Gasteiger partial charge is 0.384 e. The fourth-order valence-electron chi connectivity index (χ4n) is 5.62. The Hall–Kier alpha value is -3.63. The molecule has 37 heavy (non-hydrogen) atoms. The van der Waals surface area contributed by atoms with Crippen LogP contribution in [0.2, 0.25) is 0 Å². The van der Waals surface area contributed by atoms with Gasteiger partial charge in [-0.1, -0.05) is 28.6 Å². The van der Waals surface area contributed by atoms with E-state index < -0.39 is 11.6 Å². The second-order valence-electron chi connectivity index (χ2n) is 10.3. The Morgan fingerprint density at radius 2 is 1.95 bits per heavy atom. The summed E-state index contributed by atoms with van der Waals surface area (Å²) in [6.07, 6.45) is 3.29. The van der Waals surface area contributed by atoms with Crippen molar-refractivity contribution in [3.63, 3.8) is 0 Å². The van der Waals surface area contributed by atoms with E-state index in [1.165, 1.54) is 6.07 Å². The van der Waals surface area contributed by atoms with Crippen LogP contribution in [0.5, 0.6) is 0 Å². The Labute approximate surface area is 212 Å². The van der Waals surface area contributed by atoms with E-state index >= 15 is 4.39 Å². The van der Waals surface area contributed by atoms with Gasteiger partial charge in [-0.3, -0.25) is 0 Å². The van der Waals surface area contributed by atoms with Crippen LogP contribution in [0.15, 0.2) is 41.1 Å². The fourth-order valence-corrected chi connectivity index (χ4v) is 5.62. The molecule has 1 saturated heterocycles. The van der Waals surface area contributed by atoms with Crippen molar-refractivity contribution in [3.05, 3.63) is 59.3 Å². The smallest absolute Gasteiger partial charge is 0.211 e. The predicted molar refractivity (Wildman–Crippen MR) is 135 cm³/mol. The van der Waals surface area contributed by atoms with E-state index in [0.717, 1.165) is 35.3 Å². The summed E-state index contributed by atoms with van der Waals surface area (Å²) in [5, 5.41) is 23.6. The van der Waals surface area contributed by atoms with Gasteiger partial charge in [0.1, 0.15) is 28.1 Å². The van der Waals surface area contributed by atoms with Crippen LogP contribution in [-0.4, -0.2) is 48.0 Å². The molecular weight excluding hydrogens is 475 g/mol. The van der Waals surface area contributed by atoms with Crippen LogP contribution in [0, 0.1) is 18.7 Å². The van der Waals surface area contributed by atoms with Crippen LogP contribution >= 0.6 is 0 Å². The zero-order valence-corrected chi connectivity index (χ0v) is 21.3. The summed E-state index contributed by atoms with van der Waals surface area (Å²) in [6.45, 7) is 6.44. The van der Waals surface area contributed by atoms with Crippen molar-refractivity contribution in [3.8, 4) is 11.3 Å². The number of hydrogen-bond donors (Lipinski definition) is 1. The number of pyridine rings is 1. The molecule has 1 unspecified atom stereocenters. The molecule has 1 atom stereocenters. The average Bonchev–Trinajstić information content (AvgIpc) is 3.54. The van der Waals surface area contributed by atoms with Crippen LogP contribution in [-0.2, 0) is 17.4 Å². The lowest BCUT2D eigenvalue weighted by Gasteiger charge is -2.33. The van der Waals surface area contributed by atoms with E-state index in [4.69, 9.17) is 14.2 Å². The molecule has 0 bridgehead atoms. The summed E-state index contributed by atoms with van der Waals surface area (Å²) < 4.78 is 30.7. The van der Waals surface area contributed by atoms with Gasteiger partial charge in [-0.25, -0.2) is 14.1 Å². The van der Waals surface area contributed by atoms with Crippen molar-refractivity contribution in [1.82, 2.24) is 29.7 Å². The van der Waals surface area contributed by atoms with Crippen LogP contribution in [0.1, 0.15) is 49.7 Å². The molecule has 1 fully saturated rings. The maximum absolute atomic E-state index is 15.5. The molecule has 0 amide bonds. The van der Waals surface area contributed by atoms with E-state index in [2.05, 4.69) is 20.0 Å². The molecule has 6 rings (SSSR count). The first kappa shape index (κ1) is 23.7. The number of nitrogens with zero attached hydrogens (tertiary/aromatic N) is 6. The topological polar surface area (TPSA) is 104 Å². The third-order valence-electron chi connectivity index (χ3n) is 7.31. The van der Waals surface area contributed by atoms with E-state index in [-0.39, 0.29) is 11.7 Å². The molecule has 1 aromatic carbocycles. The van der Waals surface area contributed by atoms with E-state index in [1.807, 2.05) is 32.2 Å². The summed E-state index contributed by atoms with van der Waals surface area (Å²) in [6, 6.07) is 8.49. The quantitative estimate of drug-likeness (QED) is 0.371. The van der Waals surface area contributed by atoms with Crippen molar-refractivity contribution in [2.75, 3.05) is 13.2 Å². The van der Waals surface area contributed by atoms with Crippen molar-refractivity contribution in [2.45, 2.75) is 45.3 Å². The molecule has 4 aromatic heterocycles. The fraction of sp³-hybridized carbons (Fsp3) is 0.407. The summed E-state index contributed by atoms with van der Waals surface area (Å²) in [5.74, 6) is -0.205. The maximum Gasteiger partial charge on any atom is 0.211 e. The number of ether oxygens (including phenoxy) is 1. The van der Waals surface area contributed by atoms with E-state index in [1.54, 1.807) is 30.8 Å². The van der Waals surface area contributed by atoms with Gasteiger partial charge >= 0.3 is 0 Å².